The van der Waals surface area contributed by atoms with Gasteiger partial charge in [0.1, 0.15) is 6.61 Å². The van der Waals surface area contributed by atoms with E-state index < -0.39 is 5.97 Å². The summed E-state index contributed by atoms with van der Waals surface area (Å²) in [4.78, 5) is 30.4. The summed E-state index contributed by atoms with van der Waals surface area (Å²) in [5.74, 6) is -0.0857. The first-order chi connectivity index (χ1) is 17.2. The maximum Gasteiger partial charge on any atom is 0.335 e. The summed E-state index contributed by atoms with van der Waals surface area (Å²) in [5, 5.41) is 9.55. The van der Waals surface area contributed by atoms with Crippen LogP contribution in [-0.2, 0) is 11.4 Å². The van der Waals surface area contributed by atoms with E-state index in [1.807, 2.05) is 36.4 Å². The summed E-state index contributed by atoms with van der Waals surface area (Å²) < 4.78 is 13.3. The number of carboxylic acid groups (broad SMARTS) is 1. The van der Waals surface area contributed by atoms with E-state index in [0.717, 1.165) is 20.1 Å². The van der Waals surface area contributed by atoms with Crippen LogP contribution >= 0.6 is 43.6 Å². The molecule has 10 heteroatoms. The molecule has 1 aliphatic rings. The molecule has 1 amide bonds. The Hall–Kier alpha value is -3.08. The summed E-state index contributed by atoms with van der Waals surface area (Å²) in [7, 11) is 3.21. The Labute approximate surface area is 229 Å². The average molecular weight is 632 g/mol. The first-order valence-electron chi connectivity index (χ1n) is 10.6. The number of nitrogens with zero attached hydrogens (tertiary/aromatic N) is 2. The maximum atomic E-state index is 12.9. The second kappa shape index (κ2) is 11.3. The zero-order valence-corrected chi connectivity index (χ0v) is 23.2. The highest BCUT2D eigenvalue weighted by Gasteiger charge is 2.30. The Bertz CT molecular complexity index is 1370. The topological polar surface area (TPSA) is 88.4 Å². The van der Waals surface area contributed by atoms with E-state index in [1.54, 1.807) is 32.4 Å². The highest BCUT2D eigenvalue weighted by Crippen LogP contribution is 2.38. The zero-order chi connectivity index (χ0) is 25.8. The van der Waals surface area contributed by atoms with Gasteiger partial charge < -0.3 is 14.6 Å². The number of hydrogen-bond donors (Lipinski definition) is 1. The van der Waals surface area contributed by atoms with Crippen molar-refractivity contribution in [2.45, 2.75) is 6.61 Å². The molecule has 7 nitrogen and oxygen atoms in total. The fraction of sp³-hybridized carbons (Fsp3) is 0.115. The molecular formula is C26H20Br2N2O5S. The fourth-order valence-corrected chi connectivity index (χ4v) is 4.94. The van der Waals surface area contributed by atoms with Crippen molar-refractivity contribution in [1.82, 2.24) is 4.90 Å². The molecule has 1 fully saturated rings. The van der Waals surface area contributed by atoms with Crippen molar-refractivity contribution in [3.05, 3.63) is 91.2 Å². The first-order valence-corrected chi connectivity index (χ1v) is 13.0. The summed E-state index contributed by atoms with van der Waals surface area (Å²) >= 11 is 8.24. The fourth-order valence-electron chi connectivity index (χ4n) is 3.26. The minimum Gasteiger partial charge on any atom is -0.493 e. The molecule has 0 spiro atoms. The van der Waals surface area contributed by atoms with Gasteiger partial charge in [-0.1, -0.05) is 44.0 Å². The Morgan fingerprint density at radius 2 is 1.78 bits per heavy atom. The number of carboxylic acids is 1. The van der Waals surface area contributed by atoms with Gasteiger partial charge in [-0.15, -0.1) is 0 Å². The number of likely N-dealkylation sites (N-methyl/N-ethyl adjacent to an activating group) is 1. The highest BCUT2D eigenvalue weighted by atomic mass is 79.9. The van der Waals surface area contributed by atoms with Gasteiger partial charge in [-0.25, -0.2) is 9.79 Å². The van der Waals surface area contributed by atoms with Gasteiger partial charge in [0.25, 0.3) is 5.91 Å². The molecule has 0 radical (unpaired) electrons. The van der Waals surface area contributed by atoms with E-state index in [2.05, 4.69) is 36.9 Å². The minimum absolute atomic E-state index is 0.172. The number of amidine groups is 1. The number of ether oxygens (including phenoxy) is 2. The Kier molecular flexibility index (Phi) is 8.17. The SMILES string of the molecule is COc1cc(/C=C2\SC(=Nc3ccc(C(=O)O)cc3)N(C)C2=O)c(Br)cc1OCc1ccc(Br)cc1. The van der Waals surface area contributed by atoms with E-state index in [0.29, 0.717) is 33.9 Å². The van der Waals surface area contributed by atoms with Crippen LogP contribution in [0.5, 0.6) is 11.5 Å². The van der Waals surface area contributed by atoms with E-state index in [-0.39, 0.29) is 11.5 Å². The number of methoxy groups -OCH3 is 1. The molecule has 0 atom stereocenters. The summed E-state index contributed by atoms with van der Waals surface area (Å²) in [6.07, 6.45) is 1.77. The van der Waals surface area contributed by atoms with Gasteiger partial charge in [0.05, 0.1) is 23.3 Å². The number of aromatic carboxylic acids is 1. The highest BCUT2D eigenvalue weighted by molar-refractivity contribution is 9.10. The molecule has 1 aliphatic heterocycles. The van der Waals surface area contributed by atoms with Crippen LogP contribution in [0, 0.1) is 0 Å². The van der Waals surface area contributed by atoms with Gasteiger partial charge in [0.15, 0.2) is 16.7 Å². The lowest BCUT2D eigenvalue weighted by molar-refractivity contribution is -0.121. The van der Waals surface area contributed by atoms with Crippen LogP contribution in [0.2, 0.25) is 0 Å². The largest absolute Gasteiger partial charge is 0.493 e. The van der Waals surface area contributed by atoms with Crippen molar-refractivity contribution < 1.29 is 24.2 Å². The standard InChI is InChI=1S/C26H20Br2N2O5S/c1-30-24(31)23(36-26(30)29-19-9-5-16(6-10-19)25(32)33)12-17-11-21(34-2)22(13-20(17)28)35-14-15-3-7-18(27)8-4-15/h3-13H,14H2,1-2H3,(H,32,33)/b23-12-,29-26?. The molecule has 0 bridgehead atoms. The average Bonchev–Trinajstić information content (AvgIpc) is 3.12. The van der Waals surface area contributed by atoms with Crippen LogP contribution in [-0.4, -0.2) is 41.2 Å². The quantitative estimate of drug-likeness (QED) is 0.291. The van der Waals surface area contributed by atoms with Gasteiger partial charge in [0, 0.05) is 16.0 Å². The van der Waals surface area contributed by atoms with Crippen molar-refractivity contribution in [1.29, 1.82) is 0 Å². The van der Waals surface area contributed by atoms with Crippen molar-refractivity contribution >= 4 is 72.4 Å². The predicted octanol–water partition coefficient (Wildman–Crippen LogP) is 6.73. The summed E-state index contributed by atoms with van der Waals surface area (Å²) in [5.41, 5.74) is 2.49. The number of rotatable bonds is 7. The van der Waals surface area contributed by atoms with Crippen LogP contribution in [0.3, 0.4) is 0 Å². The summed E-state index contributed by atoms with van der Waals surface area (Å²) in [6, 6.07) is 17.6. The van der Waals surface area contributed by atoms with Gasteiger partial charge in [-0.2, -0.15) is 0 Å². The van der Waals surface area contributed by atoms with Gasteiger partial charge in [-0.05, 0) is 77.5 Å². The van der Waals surface area contributed by atoms with Crippen LogP contribution in [0.15, 0.2) is 79.5 Å². The first kappa shape index (κ1) is 26.0. The molecule has 1 heterocycles. The number of halogens is 2. The number of amides is 1. The number of carbonyl (C=O) groups is 2. The number of aliphatic imine (C=N–C) groups is 1. The third-order valence-corrected chi connectivity index (χ3v) is 7.50. The molecule has 3 aromatic rings. The van der Waals surface area contributed by atoms with E-state index in [9.17, 15) is 9.59 Å². The Balaban J connectivity index is 1.55. The van der Waals surface area contributed by atoms with Crippen LogP contribution in [0.4, 0.5) is 5.69 Å². The van der Waals surface area contributed by atoms with E-state index >= 15 is 0 Å². The molecule has 0 aromatic heterocycles. The van der Waals surface area contributed by atoms with Crippen molar-refractivity contribution in [2.75, 3.05) is 14.2 Å². The lowest BCUT2D eigenvalue weighted by Gasteiger charge is -2.13. The maximum absolute atomic E-state index is 12.9. The normalized spacial score (nSPS) is 15.6. The van der Waals surface area contributed by atoms with E-state index in [4.69, 9.17) is 14.6 Å². The molecule has 0 unspecified atom stereocenters. The minimum atomic E-state index is -1.01. The number of hydrogen-bond acceptors (Lipinski definition) is 6. The smallest absolute Gasteiger partial charge is 0.335 e. The van der Waals surface area contributed by atoms with Gasteiger partial charge >= 0.3 is 5.97 Å². The molecule has 3 aromatic carbocycles. The lowest BCUT2D eigenvalue weighted by atomic mass is 10.1. The van der Waals surface area contributed by atoms with Crippen molar-refractivity contribution in [3.63, 3.8) is 0 Å². The molecule has 0 saturated carbocycles. The number of carbonyl (C=O) groups excluding carboxylic acids is 1. The zero-order valence-electron chi connectivity index (χ0n) is 19.2. The van der Waals surface area contributed by atoms with Crippen LogP contribution in [0.1, 0.15) is 21.5 Å². The molecular weight excluding hydrogens is 612 g/mol. The molecule has 1 saturated heterocycles. The molecule has 36 heavy (non-hydrogen) atoms. The summed E-state index contributed by atoms with van der Waals surface area (Å²) in [6.45, 7) is 0.378. The lowest BCUT2D eigenvalue weighted by Crippen LogP contribution is -2.23. The van der Waals surface area contributed by atoms with Crippen LogP contribution < -0.4 is 9.47 Å². The third-order valence-electron chi connectivity index (χ3n) is 5.22. The third kappa shape index (κ3) is 6.00. The van der Waals surface area contributed by atoms with Gasteiger partial charge in [-0.3, -0.25) is 9.69 Å². The molecule has 4 rings (SSSR count). The molecule has 0 aliphatic carbocycles. The van der Waals surface area contributed by atoms with Crippen molar-refractivity contribution in [2.24, 2.45) is 4.99 Å². The second-order valence-corrected chi connectivity index (χ2v) is 10.4. The monoisotopic (exact) mass is 630 g/mol. The van der Waals surface area contributed by atoms with Crippen LogP contribution in [0.25, 0.3) is 6.08 Å². The second-order valence-electron chi connectivity index (χ2n) is 7.66. The number of benzene rings is 3. The Morgan fingerprint density at radius 3 is 2.42 bits per heavy atom. The number of thioether (sulfide) groups is 1. The van der Waals surface area contributed by atoms with Gasteiger partial charge in [0.2, 0.25) is 0 Å². The predicted molar refractivity (Wildman–Crippen MR) is 148 cm³/mol. The van der Waals surface area contributed by atoms with E-state index in [1.165, 1.54) is 28.8 Å². The molecule has 1 N–H and O–H groups in total. The molecule has 184 valence electrons. The van der Waals surface area contributed by atoms with Crippen molar-refractivity contribution in [3.8, 4) is 11.5 Å². The Morgan fingerprint density at radius 1 is 1.08 bits per heavy atom.